The Morgan fingerprint density at radius 3 is 2.83 bits per heavy atom. The minimum Gasteiger partial charge on any atom is -0.489 e. The van der Waals surface area contributed by atoms with Gasteiger partial charge in [-0.05, 0) is 62.9 Å². The van der Waals surface area contributed by atoms with Gasteiger partial charge in [0.15, 0.2) is 0 Å². The number of nitrogens with zero attached hydrogens (tertiary/aromatic N) is 2. The van der Waals surface area contributed by atoms with E-state index in [9.17, 15) is 5.11 Å². The normalized spacial score (nSPS) is 16.6. The Bertz CT molecular complexity index is 1030. The number of ether oxygens (including phenoxy) is 1. The van der Waals surface area contributed by atoms with Crippen molar-refractivity contribution in [2.24, 2.45) is 0 Å². The van der Waals surface area contributed by atoms with Gasteiger partial charge in [0.05, 0.1) is 18.4 Å². The molecule has 1 aromatic heterocycles. The van der Waals surface area contributed by atoms with Crippen molar-refractivity contribution >= 4 is 5.69 Å². The third kappa shape index (κ3) is 4.04. The van der Waals surface area contributed by atoms with Crippen LogP contribution in [0.15, 0.2) is 40.9 Å². The second-order valence-electron chi connectivity index (χ2n) is 8.06. The zero-order valence-corrected chi connectivity index (χ0v) is 17.6. The monoisotopic (exact) mass is 408 g/mol. The molecule has 3 aromatic rings. The molecule has 0 unspecified atom stereocenters. The van der Waals surface area contributed by atoms with Crippen LogP contribution >= 0.6 is 0 Å². The largest absolute Gasteiger partial charge is 0.489 e. The quantitative estimate of drug-likeness (QED) is 0.511. The molecule has 1 aliphatic carbocycles. The number of aromatic nitrogens is 2. The number of benzene rings is 2. The maximum absolute atomic E-state index is 9.35. The van der Waals surface area contributed by atoms with Crippen molar-refractivity contribution in [3.63, 3.8) is 0 Å². The summed E-state index contributed by atoms with van der Waals surface area (Å²) >= 11 is 0. The molecule has 0 bridgehead atoms. The van der Waals surface area contributed by atoms with E-state index in [1.54, 1.807) is 6.07 Å². The maximum atomic E-state index is 9.35. The molecular formula is C23H28N4O3. The Morgan fingerprint density at radius 1 is 1.27 bits per heavy atom. The van der Waals surface area contributed by atoms with Crippen molar-refractivity contribution in [2.45, 2.75) is 51.8 Å². The van der Waals surface area contributed by atoms with Crippen molar-refractivity contribution in [3.8, 4) is 28.6 Å². The number of aliphatic hydroxyl groups is 1. The fourth-order valence-corrected chi connectivity index (χ4v) is 3.93. The molecule has 4 rings (SSSR count). The summed E-state index contributed by atoms with van der Waals surface area (Å²) in [6, 6.07) is 11.9. The van der Waals surface area contributed by atoms with Crippen LogP contribution in [0.4, 0.5) is 5.69 Å². The zero-order valence-electron chi connectivity index (χ0n) is 17.6. The summed E-state index contributed by atoms with van der Waals surface area (Å²) in [5.74, 6) is 1.63. The zero-order chi connectivity index (χ0) is 21.3. The van der Waals surface area contributed by atoms with Gasteiger partial charge in [-0.15, -0.1) is 0 Å². The molecular weight excluding hydrogens is 380 g/mol. The second kappa shape index (κ2) is 8.45. The summed E-state index contributed by atoms with van der Waals surface area (Å²) in [4.78, 5) is 4.63. The van der Waals surface area contributed by atoms with Gasteiger partial charge in [0.25, 0.3) is 5.89 Å². The standard InChI is InChI=1S/C23H28N4O3/c1-13(2)29-21-10-7-15(11-19(21)24)23-26-22(27-30-23)18-6-4-5-17-16(18)8-9-20(17)25-14(3)12-28/h4-7,10-11,13-14,20,25,28H,8-9,12,24H2,1-3H3/t14-,20+/m1/s1. The second-order valence-corrected chi connectivity index (χ2v) is 8.06. The first kappa shape index (κ1) is 20.4. The van der Waals surface area contributed by atoms with Crippen molar-refractivity contribution in [1.29, 1.82) is 0 Å². The van der Waals surface area contributed by atoms with E-state index in [0.29, 0.717) is 23.2 Å². The van der Waals surface area contributed by atoms with E-state index in [1.165, 1.54) is 11.1 Å². The highest BCUT2D eigenvalue weighted by atomic mass is 16.5. The molecule has 0 radical (unpaired) electrons. The number of nitrogens with two attached hydrogens (primary N) is 1. The first-order valence-electron chi connectivity index (χ1n) is 10.4. The van der Waals surface area contributed by atoms with Gasteiger partial charge < -0.3 is 25.4 Å². The van der Waals surface area contributed by atoms with E-state index in [-0.39, 0.29) is 24.8 Å². The predicted octanol–water partition coefficient (Wildman–Crippen LogP) is 3.73. The lowest BCUT2D eigenvalue weighted by Gasteiger charge is -2.18. The summed E-state index contributed by atoms with van der Waals surface area (Å²) in [6.45, 7) is 6.02. The van der Waals surface area contributed by atoms with Crippen LogP contribution in [0.1, 0.15) is 44.4 Å². The van der Waals surface area contributed by atoms with Gasteiger partial charge in [-0.2, -0.15) is 4.98 Å². The molecule has 7 nitrogen and oxygen atoms in total. The van der Waals surface area contributed by atoms with Crippen LogP contribution in [-0.2, 0) is 6.42 Å². The lowest BCUT2D eigenvalue weighted by molar-refractivity contribution is 0.240. The SMILES string of the molecule is CC(C)Oc1ccc(-c2nc(-c3cccc4c3CC[C@@H]4N[C@H](C)CO)no2)cc1N. The van der Waals surface area contributed by atoms with E-state index < -0.39 is 0 Å². The molecule has 0 fully saturated rings. The molecule has 2 atom stereocenters. The fraction of sp³-hybridized carbons (Fsp3) is 0.391. The number of rotatable bonds is 7. The predicted molar refractivity (Wildman–Crippen MR) is 116 cm³/mol. The average molecular weight is 409 g/mol. The smallest absolute Gasteiger partial charge is 0.258 e. The van der Waals surface area contributed by atoms with Gasteiger partial charge in [0.1, 0.15) is 5.75 Å². The molecule has 0 spiro atoms. The molecule has 2 aromatic carbocycles. The fourth-order valence-electron chi connectivity index (χ4n) is 3.93. The highest BCUT2D eigenvalue weighted by Crippen LogP contribution is 2.38. The van der Waals surface area contributed by atoms with Gasteiger partial charge in [-0.25, -0.2) is 0 Å². The van der Waals surface area contributed by atoms with Gasteiger partial charge in [0, 0.05) is 23.2 Å². The van der Waals surface area contributed by atoms with Crippen molar-refractivity contribution in [2.75, 3.05) is 12.3 Å². The van der Waals surface area contributed by atoms with Crippen LogP contribution < -0.4 is 15.8 Å². The van der Waals surface area contributed by atoms with Gasteiger partial charge in [-0.3, -0.25) is 0 Å². The lowest BCUT2D eigenvalue weighted by atomic mass is 10.0. The highest BCUT2D eigenvalue weighted by Gasteiger charge is 2.27. The molecule has 4 N–H and O–H groups in total. The Balaban J connectivity index is 1.61. The number of nitrogen functional groups attached to an aromatic ring is 1. The Hall–Kier alpha value is -2.90. The topological polar surface area (TPSA) is 106 Å². The third-order valence-corrected chi connectivity index (χ3v) is 5.32. The van der Waals surface area contributed by atoms with E-state index in [1.807, 2.05) is 45.0 Å². The highest BCUT2D eigenvalue weighted by molar-refractivity contribution is 5.69. The summed E-state index contributed by atoms with van der Waals surface area (Å²) in [7, 11) is 0. The van der Waals surface area contributed by atoms with E-state index in [2.05, 4.69) is 21.5 Å². The Kier molecular flexibility index (Phi) is 5.74. The van der Waals surface area contributed by atoms with E-state index in [4.69, 9.17) is 15.0 Å². The minimum atomic E-state index is 0.0482. The van der Waals surface area contributed by atoms with Crippen LogP contribution in [0.2, 0.25) is 0 Å². The lowest BCUT2D eigenvalue weighted by Crippen LogP contribution is -2.32. The number of hydrogen-bond acceptors (Lipinski definition) is 7. The van der Waals surface area contributed by atoms with E-state index >= 15 is 0 Å². The van der Waals surface area contributed by atoms with Gasteiger partial charge in [0.2, 0.25) is 5.82 Å². The van der Waals surface area contributed by atoms with Crippen molar-refractivity contribution in [3.05, 3.63) is 47.5 Å². The van der Waals surface area contributed by atoms with Crippen molar-refractivity contribution < 1.29 is 14.4 Å². The van der Waals surface area contributed by atoms with Crippen LogP contribution in [0.3, 0.4) is 0 Å². The molecule has 0 saturated heterocycles. The van der Waals surface area contributed by atoms with Crippen LogP contribution in [0.25, 0.3) is 22.8 Å². The summed E-state index contributed by atoms with van der Waals surface area (Å²) in [6.07, 6.45) is 1.96. The molecule has 0 aliphatic heterocycles. The molecule has 30 heavy (non-hydrogen) atoms. The van der Waals surface area contributed by atoms with E-state index in [0.717, 1.165) is 24.0 Å². The van der Waals surface area contributed by atoms with Crippen LogP contribution in [0, 0.1) is 0 Å². The molecule has 0 saturated carbocycles. The third-order valence-electron chi connectivity index (χ3n) is 5.32. The number of nitrogens with one attached hydrogen (secondary N) is 1. The van der Waals surface area contributed by atoms with Crippen LogP contribution in [0.5, 0.6) is 5.75 Å². The average Bonchev–Trinajstić information content (AvgIpc) is 3.37. The maximum Gasteiger partial charge on any atom is 0.258 e. The molecule has 7 heteroatoms. The molecule has 1 aliphatic rings. The number of aliphatic hydroxyl groups excluding tert-OH is 1. The van der Waals surface area contributed by atoms with Gasteiger partial charge >= 0.3 is 0 Å². The Morgan fingerprint density at radius 2 is 2.10 bits per heavy atom. The summed E-state index contributed by atoms with van der Waals surface area (Å²) < 4.78 is 11.2. The van der Waals surface area contributed by atoms with Crippen molar-refractivity contribution in [1.82, 2.24) is 15.5 Å². The number of fused-ring (bicyclic) bond motifs is 1. The van der Waals surface area contributed by atoms with Crippen LogP contribution in [-0.4, -0.2) is 34.0 Å². The first-order valence-corrected chi connectivity index (χ1v) is 10.4. The summed E-state index contributed by atoms with van der Waals surface area (Å²) in [5.41, 5.74) is 10.9. The molecule has 158 valence electrons. The number of anilines is 1. The summed E-state index contributed by atoms with van der Waals surface area (Å²) in [5, 5.41) is 17.1. The molecule has 0 amide bonds. The Labute approximate surface area is 176 Å². The number of hydrogen-bond donors (Lipinski definition) is 3. The minimum absolute atomic E-state index is 0.0482. The van der Waals surface area contributed by atoms with Gasteiger partial charge in [-0.1, -0.05) is 23.4 Å². The molecule has 1 heterocycles. The first-order chi connectivity index (χ1) is 14.5.